The summed E-state index contributed by atoms with van der Waals surface area (Å²) in [5.74, 6) is 0.893. The van der Waals surface area contributed by atoms with Gasteiger partial charge in [0.1, 0.15) is 0 Å². The van der Waals surface area contributed by atoms with Gasteiger partial charge in [0.15, 0.2) is 0 Å². The van der Waals surface area contributed by atoms with Crippen LogP contribution in [0.5, 0.6) is 0 Å². The Morgan fingerprint density at radius 2 is 2.25 bits per heavy atom. The van der Waals surface area contributed by atoms with Gasteiger partial charge in [-0.3, -0.25) is 0 Å². The van der Waals surface area contributed by atoms with Gasteiger partial charge < -0.3 is 5.32 Å². The van der Waals surface area contributed by atoms with Crippen molar-refractivity contribution in [1.82, 2.24) is 5.32 Å². The summed E-state index contributed by atoms with van der Waals surface area (Å²) < 4.78 is 1.64. The Balaban J connectivity index is 2.06. The summed E-state index contributed by atoms with van der Waals surface area (Å²) in [5.41, 5.74) is 1.19. The maximum Gasteiger partial charge on any atom is 0.0991 e. The molecule has 1 nitrogen and oxygen atoms in total. The molecule has 90 valence electrons. The predicted octanol–water partition coefficient (Wildman–Crippen LogP) is 4.90. The SMILES string of the molecule is CCCNC(CC1CC1)c1cc(Cl)sc1Cl. The minimum Gasteiger partial charge on any atom is -0.310 e. The Bertz CT molecular complexity index is 347. The molecule has 0 bridgehead atoms. The standard InChI is InChI=1S/C12H17Cl2NS/c1-2-5-15-10(6-8-3-4-8)9-7-11(13)16-12(9)14/h7-8,10,15H,2-6H2,1H3. The molecular weight excluding hydrogens is 261 g/mol. The molecule has 1 atom stereocenters. The topological polar surface area (TPSA) is 12.0 Å². The number of rotatable bonds is 6. The lowest BCUT2D eigenvalue weighted by molar-refractivity contribution is 0.475. The average molecular weight is 278 g/mol. The van der Waals surface area contributed by atoms with Crippen LogP contribution in [0.1, 0.15) is 44.2 Å². The minimum atomic E-state index is 0.392. The van der Waals surface area contributed by atoms with Crippen molar-refractivity contribution in [2.24, 2.45) is 5.92 Å². The molecule has 0 saturated heterocycles. The largest absolute Gasteiger partial charge is 0.310 e. The van der Waals surface area contributed by atoms with Gasteiger partial charge in [-0.25, -0.2) is 0 Å². The third kappa shape index (κ3) is 3.36. The van der Waals surface area contributed by atoms with E-state index in [4.69, 9.17) is 23.2 Å². The van der Waals surface area contributed by atoms with Crippen molar-refractivity contribution in [2.75, 3.05) is 6.54 Å². The van der Waals surface area contributed by atoms with Crippen molar-refractivity contribution in [3.05, 3.63) is 20.3 Å². The molecule has 1 fully saturated rings. The van der Waals surface area contributed by atoms with Gasteiger partial charge in [-0.1, -0.05) is 43.0 Å². The molecule has 0 spiro atoms. The van der Waals surface area contributed by atoms with Crippen LogP contribution >= 0.6 is 34.5 Å². The Hall–Kier alpha value is 0.240. The van der Waals surface area contributed by atoms with Crippen LogP contribution in [0.4, 0.5) is 0 Å². The van der Waals surface area contributed by atoms with Crippen LogP contribution in [0.25, 0.3) is 0 Å². The van der Waals surface area contributed by atoms with Crippen molar-refractivity contribution in [2.45, 2.75) is 38.6 Å². The molecule has 1 heterocycles. The molecule has 1 aromatic rings. The zero-order chi connectivity index (χ0) is 11.5. The normalized spacial score (nSPS) is 17.7. The second-order valence-electron chi connectivity index (χ2n) is 4.47. The molecule has 4 heteroatoms. The highest BCUT2D eigenvalue weighted by Gasteiger charge is 2.27. The van der Waals surface area contributed by atoms with Crippen molar-refractivity contribution in [1.29, 1.82) is 0 Å². The van der Waals surface area contributed by atoms with Crippen LogP contribution in [0.3, 0.4) is 0 Å². The quantitative estimate of drug-likeness (QED) is 0.780. The molecule has 0 aromatic carbocycles. The molecule has 2 rings (SSSR count). The summed E-state index contributed by atoms with van der Waals surface area (Å²) in [5, 5.41) is 3.57. The molecule has 1 aliphatic rings. The highest BCUT2D eigenvalue weighted by molar-refractivity contribution is 7.20. The van der Waals surface area contributed by atoms with E-state index >= 15 is 0 Å². The number of nitrogens with one attached hydrogen (secondary N) is 1. The van der Waals surface area contributed by atoms with Crippen molar-refractivity contribution >= 4 is 34.5 Å². The van der Waals surface area contributed by atoms with Crippen molar-refractivity contribution in [3.63, 3.8) is 0 Å². The van der Waals surface area contributed by atoms with Gasteiger partial charge in [0.2, 0.25) is 0 Å². The second-order valence-corrected chi connectivity index (χ2v) is 6.75. The molecular formula is C12H17Cl2NS. The first kappa shape index (κ1) is 12.7. The molecule has 0 radical (unpaired) electrons. The van der Waals surface area contributed by atoms with Gasteiger partial charge in [0, 0.05) is 11.6 Å². The molecule has 0 aliphatic heterocycles. The summed E-state index contributed by atoms with van der Waals surface area (Å²) in [7, 11) is 0. The first-order chi connectivity index (χ1) is 7.70. The van der Waals surface area contributed by atoms with Crippen LogP contribution in [0, 0.1) is 5.92 Å². The number of hydrogen-bond donors (Lipinski definition) is 1. The summed E-state index contributed by atoms with van der Waals surface area (Å²) >= 11 is 13.7. The van der Waals surface area contributed by atoms with Gasteiger partial charge in [-0.2, -0.15) is 0 Å². The molecule has 0 amide bonds. The fourth-order valence-corrected chi connectivity index (χ4v) is 3.50. The third-order valence-electron chi connectivity index (χ3n) is 2.97. The zero-order valence-electron chi connectivity index (χ0n) is 9.43. The lowest BCUT2D eigenvalue weighted by atomic mass is 10.0. The van der Waals surface area contributed by atoms with E-state index in [2.05, 4.69) is 12.2 Å². The lowest BCUT2D eigenvalue weighted by Gasteiger charge is -2.17. The molecule has 1 aromatic heterocycles. The Morgan fingerprint density at radius 1 is 1.50 bits per heavy atom. The van der Waals surface area contributed by atoms with E-state index < -0.39 is 0 Å². The van der Waals surface area contributed by atoms with Crippen LogP contribution in [0.2, 0.25) is 8.67 Å². The maximum absolute atomic E-state index is 6.22. The van der Waals surface area contributed by atoms with E-state index in [0.717, 1.165) is 27.6 Å². The van der Waals surface area contributed by atoms with Gasteiger partial charge >= 0.3 is 0 Å². The predicted molar refractivity (Wildman–Crippen MR) is 72.7 cm³/mol. The smallest absolute Gasteiger partial charge is 0.0991 e. The van der Waals surface area contributed by atoms with E-state index in [0.29, 0.717) is 6.04 Å². The fourth-order valence-electron chi connectivity index (χ4n) is 1.92. The number of thiophene rings is 1. The van der Waals surface area contributed by atoms with Crippen LogP contribution < -0.4 is 5.32 Å². The summed E-state index contributed by atoms with van der Waals surface area (Å²) in [6, 6.07) is 2.41. The minimum absolute atomic E-state index is 0.392. The fraction of sp³-hybridized carbons (Fsp3) is 0.667. The molecule has 16 heavy (non-hydrogen) atoms. The van der Waals surface area contributed by atoms with Crippen molar-refractivity contribution in [3.8, 4) is 0 Å². The van der Waals surface area contributed by atoms with E-state index in [1.807, 2.05) is 6.07 Å². The maximum atomic E-state index is 6.22. The van der Waals surface area contributed by atoms with E-state index in [1.54, 1.807) is 0 Å². The average Bonchev–Trinajstić information content (AvgIpc) is 2.99. The number of hydrogen-bond acceptors (Lipinski definition) is 2. The van der Waals surface area contributed by atoms with E-state index in [1.165, 1.54) is 36.2 Å². The molecule has 1 saturated carbocycles. The van der Waals surface area contributed by atoms with Crippen LogP contribution in [-0.2, 0) is 0 Å². The highest BCUT2D eigenvalue weighted by atomic mass is 35.5. The summed E-state index contributed by atoms with van der Waals surface area (Å²) in [4.78, 5) is 0. The van der Waals surface area contributed by atoms with Crippen molar-refractivity contribution < 1.29 is 0 Å². The lowest BCUT2D eigenvalue weighted by Crippen LogP contribution is -2.22. The van der Waals surface area contributed by atoms with E-state index in [-0.39, 0.29) is 0 Å². The Labute approximate surface area is 111 Å². The van der Waals surface area contributed by atoms with Gasteiger partial charge in [-0.05, 0) is 31.4 Å². The zero-order valence-corrected chi connectivity index (χ0v) is 11.8. The first-order valence-electron chi connectivity index (χ1n) is 5.88. The Morgan fingerprint density at radius 3 is 2.75 bits per heavy atom. The second kappa shape index (κ2) is 5.72. The van der Waals surface area contributed by atoms with Crippen LogP contribution in [-0.4, -0.2) is 6.54 Å². The Kier molecular flexibility index (Phi) is 4.54. The monoisotopic (exact) mass is 277 g/mol. The summed E-state index contributed by atoms with van der Waals surface area (Å²) in [6.45, 7) is 3.23. The molecule has 1 aliphatic carbocycles. The summed E-state index contributed by atoms with van der Waals surface area (Å²) in [6.07, 6.45) is 5.10. The van der Waals surface area contributed by atoms with Gasteiger partial charge in [0.25, 0.3) is 0 Å². The molecule has 1 unspecified atom stereocenters. The van der Waals surface area contributed by atoms with E-state index in [9.17, 15) is 0 Å². The third-order valence-corrected chi connectivity index (χ3v) is 4.48. The van der Waals surface area contributed by atoms with Gasteiger partial charge in [-0.15, -0.1) is 11.3 Å². The first-order valence-corrected chi connectivity index (χ1v) is 7.46. The highest BCUT2D eigenvalue weighted by Crippen LogP contribution is 2.42. The van der Waals surface area contributed by atoms with Crippen LogP contribution in [0.15, 0.2) is 6.07 Å². The van der Waals surface area contributed by atoms with Gasteiger partial charge in [0.05, 0.1) is 8.67 Å². The molecule has 1 N–H and O–H groups in total. The number of halogens is 2.